The molecule has 0 saturated carbocycles. The van der Waals surface area contributed by atoms with Crippen LogP contribution >= 0.6 is 0 Å². The third-order valence-corrected chi connectivity index (χ3v) is 5.04. The molecule has 0 aliphatic heterocycles. The van der Waals surface area contributed by atoms with Crippen molar-refractivity contribution in [2.24, 2.45) is 0 Å². The zero-order valence-corrected chi connectivity index (χ0v) is 18.4. The van der Waals surface area contributed by atoms with Gasteiger partial charge in [0.25, 0.3) is 11.8 Å². The van der Waals surface area contributed by atoms with Gasteiger partial charge in [0.05, 0.1) is 11.9 Å². The summed E-state index contributed by atoms with van der Waals surface area (Å²) >= 11 is 0. The number of nitrogens with zero attached hydrogens (tertiary/aromatic N) is 2. The number of benzene rings is 3. The second-order valence-electron chi connectivity index (χ2n) is 7.75. The number of hydrogen-bond donors (Lipinski definition) is 2. The minimum atomic E-state index is -0.504. The van der Waals surface area contributed by atoms with Crippen LogP contribution in [0.1, 0.15) is 16.7 Å². The van der Waals surface area contributed by atoms with Gasteiger partial charge in [0.15, 0.2) is 0 Å². The summed E-state index contributed by atoms with van der Waals surface area (Å²) in [6.45, 7) is 3.94. The van der Waals surface area contributed by atoms with Crippen LogP contribution in [0.4, 0.5) is 11.4 Å². The Labute approximate surface area is 192 Å². The lowest BCUT2D eigenvalue weighted by atomic mass is 10.1. The van der Waals surface area contributed by atoms with E-state index in [9.17, 15) is 9.59 Å². The van der Waals surface area contributed by atoms with Crippen molar-refractivity contribution < 1.29 is 9.59 Å². The topological polar surface area (TPSA) is 76.0 Å². The second kappa shape index (κ2) is 9.78. The van der Waals surface area contributed by atoms with Gasteiger partial charge in [-0.3, -0.25) is 9.59 Å². The summed E-state index contributed by atoms with van der Waals surface area (Å²) in [4.78, 5) is 26.2. The van der Waals surface area contributed by atoms with Crippen LogP contribution < -0.4 is 10.6 Å². The quantitative estimate of drug-likeness (QED) is 0.249. The Hall–Kier alpha value is -4.45. The molecule has 0 spiro atoms. The van der Waals surface area contributed by atoms with Crippen LogP contribution in [-0.2, 0) is 9.59 Å². The number of hydrogen-bond acceptors (Lipinski definition) is 3. The van der Waals surface area contributed by atoms with Crippen molar-refractivity contribution in [2.45, 2.75) is 13.8 Å². The van der Waals surface area contributed by atoms with Crippen LogP contribution in [0.15, 0.2) is 96.8 Å². The molecule has 0 unspecified atom stereocenters. The van der Waals surface area contributed by atoms with Gasteiger partial charge in [-0.05, 0) is 56.3 Å². The SMILES string of the molecule is Cc1ccc(NC(=O)C(=Cc2cnn(-c3ccccc3)c2)C(=O)Nc2ccc(C)cc2)cc1. The lowest BCUT2D eigenvalue weighted by Gasteiger charge is -2.10. The maximum absolute atomic E-state index is 13.1. The van der Waals surface area contributed by atoms with E-state index < -0.39 is 11.8 Å². The number of rotatable bonds is 6. The van der Waals surface area contributed by atoms with E-state index >= 15 is 0 Å². The third kappa shape index (κ3) is 5.62. The molecular formula is C27H24N4O2. The molecule has 33 heavy (non-hydrogen) atoms. The molecule has 1 heterocycles. The van der Waals surface area contributed by atoms with Gasteiger partial charge in [-0.1, -0.05) is 53.6 Å². The molecule has 164 valence electrons. The Morgan fingerprint density at radius 3 is 1.79 bits per heavy atom. The average molecular weight is 437 g/mol. The standard InChI is InChI=1S/C27H24N4O2/c1-19-8-12-22(13-9-19)29-26(32)25(27(33)30-23-14-10-20(2)11-15-23)16-21-17-28-31(18-21)24-6-4-3-5-7-24/h3-18H,1-2H3,(H,29,32)(H,30,33). The van der Waals surface area contributed by atoms with Crippen LogP contribution in [0, 0.1) is 13.8 Å². The maximum Gasteiger partial charge on any atom is 0.261 e. The fraction of sp³-hybridized carbons (Fsp3) is 0.0741. The summed E-state index contributed by atoms with van der Waals surface area (Å²) in [6, 6.07) is 24.4. The molecule has 1 aromatic heterocycles. The van der Waals surface area contributed by atoms with E-state index in [1.54, 1.807) is 47.4 Å². The summed E-state index contributed by atoms with van der Waals surface area (Å²) in [5, 5.41) is 9.97. The summed E-state index contributed by atoms with van der Waals surface area (Å²) < 4.78 is 1.69. The van der Waals surface area contributed by atoms with Gasteiger partial charge >= 0.3 is 0 Å². The predicted octanol–water partition coefficient (Wildman–Crippen LogP) is 5.15. The lowest BCUT2D eigenvalue weighted by Crippen LogP contribution is -2.25. The number of amides is 2. The van der Waals surface area contributed by atoms with E-state index in [0.717, 1.165) is 16.8 Å². The van der Waals surface area contributed by atoms with Gasteiger partial charge in [0.1, 0.15) is 5.57 Å². The number of aromatic nitrogens is 2. The van der Waals surface area contributed by atoms with E-state index in [-0.39, 0.29) is 5.57 Å². The Morgan fingerprint density at radius 1 is 0.758 bits per heavy atom. The molecule has 0 aliphatic rings. The molecule has 0 atom stereocenters. The van der Waals surface area contributed by atoms with Gasteiger partial charge in [0.2, 0.25) is 0 Å². The van der Waals surface area contributed by atoms with Crippen molar-refractivity contribution in [3.05, 3.63) is 114 Å². The number of para-hydroxylation sites is 1. The molecule has 0 aliphatic carbocycles. The monoisotopic (exact) mass is 436 g/mol. The highest BCUT2D eigenvalue weighted by atomic mass is 16.2. The number of carbonyl (C=O) groups excluding carboxylic acids is 2. The minimum absolute atomic E-state index is 0.0243. The van der Waals surface area contributed by atoms with Crippen molar-refractivity contribution in [3.8, 4) is 5.69 Å². The number of nitrogens with one attached hydrogen (secondary N) is 2. The van der Waals surface area contributed by atoms with E-state index in [4.69, 9.17) is 0 Å². The van der Waals surface area contributed by atoms with Crippen molar-refractivity contribution in [1.29, 1.82) is 0 Å². The highest BCUT2D eigenvalue weighted by Crippen LogP contribution is 2.17. The van der Waals surface area contributed by atoms with E-state index in [1.165, 1.54) is 0 Å². The molecule has 0 bridgehead atoms. The van der Waals surface area contributed by atoms with Gasteiger partial charge < -0.3 is 10.6 Å². The molecule has 2 amide bonds. The average Bonchev–Trinajstić information content (AvgIpc) is 3.30. The number of carbonyl (C=O) groups is 2. The summed E-state index contributed by atoms with van der Waals surface area (Å²) in [7, 11) is 0. The number of aryl methyl sites for hydroxylation is 2. The van der Waals surface area contributed by atoms with Crippen molar-refractivity contribution >= 4 is 29.3 Å². The smallest absolute Gasteiger partial charge is 0.261 e. The van der Waals surface area contributed by atoms with Crippen molar-refractivity contribution in [3.63, 3.8) is 0 Å². The Bertz CT molecular complexity index is 1230. The highest BCUT2D eigenvalue weighted by Gasteiger charge is 2.19. The van der Waals surface area contributed by atoms with Gasteiger partial charge in [-0.2, -0.15) is 5.10 Å². The second-order valence-corrected chi connectivity index (χ2v) is 7.75. The summed E-state index contributed by atoms with van der Waals surface area (Å²) in [5.41, 5.74) is 4.87. The predicted molar refractivity (Wildman–Crippen MR) is 131 cm³/mol. The first kappa shape index (κ1) is 21.8. The molecular weight excluding hydrogens is 412 g/mol. The number of anilines is 2. The minimum Gasteiger partial charge on any atom is -0.322 e. The normalized spacial score (nSPS) is 10.4. The Kier molecular flexibility index (Phi) is 6.45. The highest BCUT2D eigenvalue weighted by molar-refractivity contribution is 6.28. The van der Waals surface area contributed by atoms with Crippen molar-refractivity contribution in [2.75, 3.05) is 10.6 Å². The van der Waals surface area contributed by atoms with E-state index in [1.807, 2.05) is 68.4 Å². The van der Waals surface area contributed by atoms with Crippen LogP contribution in [0.2, 0.25) is 0 Å². The zero-order chi connectivity index (χ0) is 23.2. The van der Waals surface area contributed by atoms with E-state index in [2.05, 4.69) is 15.7 Å². The Balaban J connectivity index is 1.63. The molecule has 6 heteroatoms. The van der Waals surface area contributed by atoms with Gasteiger partial charge in [0, 0.05) is 23.1 Å². The molecule has 2 N–H and O–H groups in total. The largest absolute Gasteiger partial charge is 0.322 e. The lowest BCUT2D eigenvalue weighted by molar-refractivity contribution is -0.118. The van der Waals surface area contributed by atoms with E-state index in [0.29, 0.717) is 16.9 Å². The molecule has 0 fully saturated rings. The maximum atomic E-state index is 13.1. The molecule has 0 saturated heterocycles. The molecule has 3 aromatic carbocycles. The zero-order valence-electron chi connectivity index (χ0n) is 18.4. The molecule has 6 nitrogen and oxygen atoms in total. The van der Waals surface area contributed by atoms with Crippen molar-refractivity contribution in [1.82, 2.24) is 9.78 Å². The van der Waals surface area contributed by atoms with Crippen LogP contribution in [0.25, 0.3) is 11.8 Å². The van der Waals surface area contributed by atoms with Gasteiger partial charge in [-0.25, -0.2) is 4.68 Å². The van der Waals surface area contributed by atoms with Crippen LogP contribution in [-0.4, -0.2) is 21.6 Å². The third-order valence-electron chi connectivity index (χ3n) is 5.04. The fourth-order valence-corrected chi connectivity index (χ4v) is 3.20. The first-order valence-corrected chi connectivity index (χ1v) is 10.6. The summed E-state index contributed by atoms with van der Waals surface area (Å²) in [6.07, 6.45) is 4.93. The molecule has 0 radical (unpaired) electrons. The first-order valence-electron chi connectivity index (χ1n) is 10.6. The van der Waals surface area contributed by atoms with Crippen LogP contribution in [0.5, 0.6) is 0 Å². The van der Waals surface area contributed by atoms with Crippen LogP contribution in [0.3, 0.4) is 0 Å². The first-order chi connectivity index (χ1) is 16.0. The summed E-state index contributed by atoms with van der Waals surface area (Å²) in [5.74, 6) is -1.01. The fourth-order valence-electron chi connectivity index (χ4n) is 3.20. The Morgan fingerprint density at radius 2 is 1.27 bits per heavy atom. The molecule has 4 aromatic rings. The molecule has 4 rings (SSSR count). The van der Waals surface area contributed by atoms with Gasteiger partial charge in [-0.15, -0.1) is 0 Å².